The van der Waals surface area contributed by atoms with Gasteiger partial charge in [0.05, 0.1) is 12.6 Å². The molecule has 0 spiro atoms. The van der Waals surface area contributed by atoms with Gasteiger partial charge >= 0.3 is 0 Å². The lowest BCUT2D eigenvalue weighted by molar-refractivity contribution is -0.124. The van der Waals surface area contributed by atoms with Gasteiger partial charge in [0.2, 0.25) is 5.91 Å². The monoisotopic (exact) mass is 205 g/mol. The van der Waals surface area contributed by atoms with Crippen LogP contribution in [0.25, 0.3) is 0 Å². The van der Waals surface area contributed by atoms with Crippen molar-refractivity contribution in [3.8, 4) is 6.07 Å². The van der Waals surface area contributed by atoms with E-state index < -0.39 is 5.41 Å². The zero-order valence-electron chi connectivity index (χ0n) is 8.40. The smallest absolute Gasteiger partial charge is 0.240 e. The molecule has 15 heavy (non-hydrogen) atoms. The van der Waals surface area contributed by atoms with Gasteiger partial charge in [-0.05, 0) is 12.8 Å². The number of carbonyl (C=O) groups is 1. The number of rotatable bonds is 3. The van der Waals surface area contributed by atoms with Crippen LogP contribution in [-0.2, 0) is 18.4 Å². The first-order valence-electron chi connectivity index (χ1n) is 4.70. The maximum absolute atomic E-state index is 11.5. The summed E-state index contributed by atoms with van der Waals surface area (Å²) in [6, 6.07) is 2.04. The summed E-state index contributed by atoms with van der Waals surface area (Å²) >= 11 is 0. The molecule has 0 bridgehead atoms. The van der Waals surface area contributed by atoms with E-state index in [1.54, 1.807) is 18.1 Å². The maximum Gasteiger partial charge on any atom is 0.240 e. The lowest BCUT2D eigenvalue weighted by Crippen LogP contribution is -2.31. The van der Waals surface area contributed by atoms with Crippen LogP contribution in [0.1, 0.15) is 18.7 Å². The Bertz CT molecular complexity index is 426. The molecule has 6 heteroatoms. The van der Waals surface area contributed by atoms with Crippen LogP contribution in [0.5, 0.6) is 0 Å². The number of carbonyl (C=O) groups excluding carboxylic acids is 1. The predicted octanol–water partition coefficient (Wildman–Crippen LogP) is -0.265. The normalized spacial score (nSPS) is 16.8. The van der Waals surface area contributed by atoms with Gasteiger partial charge in [0.25, 0.3) is 0 Å². The van der Waals surface area contributed by atoms with E-state index in [-0.39, 0.29) is 12.5 Å². The van der Waals surface area contributed by atoms with E-state index in [4.69, 9.17) is 5.26 Å². The molecule has 1 heterocycles. The Morgan fingerprint density at radius 1 is 1.80 bits per heavy atom. The molecule has 0 saturated heterocycles. The minimum Gasteiger partial charge on any atom is -0.347 e. The number of aromatic nitrogens is 3. The lowest BCUT2D eigenvalue weighted by atomic mass is 10.1. The number of amides is 1. The SMILES string of the molecule is Cn1cnc(CNC(=O)C2(C#N)CC2)n1. The highest BCUT2D eigenvalue weighted by Gasteiger charge is 2.50. The minimum absolute atomic E-state index is 0.211. The van der Waals surface area contributed by atoms with Crippen LogP contribution in [0.2, 0.25) is 0 Å². The second-order valence-electron chi connectivity index (χ2n) is 3.71. The highest BCUT2D eigenvalue weighted by Crippen LogP contribution is 2.44. The molecule has 78 valence electrons. The van der Waals surface area contributed by atoms with Crippen molar-refractivity contribution in [3.05, 3.63) is 12.2 Å². The van der Waals surface area contributed by atoms with Crippen LogP contribution in [0.3, 0.4) is 0 Å². The third-order valence-corrected chi connectivity index (χ3v) is 2.45. The van der Waals surface area contributed by atoms with Crippen molar-refractivity contribution in [2.45, 2.75) is 19.4 Å². The number of aryl methyl sites for hydroxylation is 1. The topological polar surface area (TPSA) is 83.6 Å². The molecule has 0 aromatic carbocycles. The molecule has 1 saturated carbocycles. The fourth-order valence-electron chi connectivity index (χ4n) is 1.31. The number of hydrogen-bond donors (Lipinski definition) is 1. The van der Waals surface area contributed by atoms with Crippen molar-refractivity contribution in [2.75, 3.05) is 0 Å². The fraction of sp³-hybridized carbons (Fsp3) is 0.556. The van der Waals surface area contributed by atoms with Gasteiger partial charge < -0.3 is 5.32 Å². The average molecular weight is 205 g/mol. The van der Waals surface area contributed by atoms with Gasteiger partial charge in [-0.3, -0.25) is 9.48 Å². The van der Waals surface area contributed by atoms with E-state index in [2.05, 4.69) is 15.4 Å². The van der Waals surface area contributed by atoms with E-state index in [0.717, 1.165) is 0 Å². The summed E-state index contributed by atoms with van der Waals surface area (Å²) in [4.78, 5) is 15.5. The van der Waals surface area contributed by atoms with Crippen LogP contribution < -0.4 is 5.32 Å². The van der Waals surface area contributed by atoms with Gasteiger partial charge in [-0.2, -0.15) is 10.4 Å². The van der Waals surface area contributed by atoms with Crippen molar-refractivity contribution in [2.24, 2.45) is 12.5 Å². The zero-order chi connectivity index (χ0) is 10.9. The van der Waals surface area contributed by atoms with Gasteiger partial charge in [-0.1, -0.05) is 0 Å². The van der Waals surface area contributed by atoms with Gasteiger partial charge in [0.15, 0.2) is 5.82 Å². The highest BCUT2D eigenvalue weighted by molar-refractivity contribution is 5.88. The Morgan fingerprint density at radius 3 is 3.00 bits per heavy atom. The Morgan fingerprint density at radius 2 is 2.53 bits per heavy atom. The van der Waals surface area contributed by atoms with E-state index in [9.17, 15) is 4.79 Å². The zero-order valence-corrected chi connectivity index (χ0v) is 8.40. The van der Waals surface area contributed by atoms with Crippen LogP contribution in [0, 0.1) is 16.7 Å². The molecule has 1 aromatic rings. The molecule has 1 amide bonds. The van der Waals surface area contributed by atoms with Crippen molar-refractivity contribution >= 4 is 5.91 Å². The lowest BCUT2D eigenvalue weighted by Gasteiger charge is -2.05. The summed E-state index contributed by atoms with van der Waals surface area (Å²) in [7, 11) is 1.76. The molecule has 2 rings (SSSR count). The van der Waals surface area contributed by atoms with Crippen molar-refractivity contribution < 1.29 is 4.79 Å². The second kappa shape index (κ2) is 3.35. The number of hydrogen-bond acceptors (Lipinski definition) is 4. The molecule has 0 aliphatic heterocycles. The quantitative estimate of drug-likeness (QED) is 0.736. The largest absolute Gasteiger partial charge is 0.347 e. The van der Waals surface area contributed by atoms with E-state index in [1.165, 1.54) is 0 Å². The first kappa shape index (κ1) is 9.65. The molecular formula is C9H11N5O. The van der Waals surface area contributed by atoms with E-state index >= 15 is 0 Å². The Balaban J connectivity index is 1.89. The number of nitrogens with one attached hydrogen (secondary N) is 1. The fourth-order valence-corrected chi connectivity index (χ4v) is 1.31. The first-order chi connectivity index (χ1) is 7.16. The molecule has 6 nitrogen and oxygen atoms in total. The minimum atomic E-state index is -0.769. The summed E-state index contributed by atoms with van der Waals surface area (Å²) in [5.74, 6) is 0.344. The molecular weight excluding hydrogens is 194 g/mol. The van der Waals surface area contributed by atoms with Gasteiger partial charge in [0, 0.05) is 7.05 Å². The Hall–Kier alpha value is -1.90. The molecule has 0 unspecified atom stereocenters. The molecule has 0 atom stereocenters. The molecule has 0 radical (unpaired) electrons. The van der Waals surface area contributed by atoms with Crippen molar-refractivity contribution in [1.29, 1.82) is 5.26 Å². The summed E-state index contributed by atoms with van der Waals surface area (Å²) in [5, 5.41) is 15.5. The summed E-state index contributed by atoms with van der Waals surface area (Å²) in [6.45, 7) is 0.281. The summed E-state index contributed by atoms with van der Waals surface area (Å²) < 4.78 is 1.57. The van der Waals surface area contributed by atoms with Crippen LogP contribution in [0.15, 0.2) is 6.33 Å². The van der Waals surface area contributed by atoms with Crippen LogP contribution >= 0.6 is 0 Å². The van der Waals surface area contributed by atoms with Crippen molar-refractivity contribution in [3.63, 3.8) is 0 Å². The maximum atomic E-state index is 11.5. The standard InChI is InChI=1S/C9H11N5O/c1-14-6-12-7(13-14)4-11-8(15)9(5-10)2-3-9/h6H,2-4H2,1H3,(H,11,15). The third kappa shape index (κ3) is 1.81. The van der Waals surface area contributed by atoms with E-state index in [1.807, 2.05) is 6.07 Å². The first-order valence-corrected chi connectivity index (χ1v) is 4.70. The molecule has 1 aliphatic carbocycles. The number of nitrogens with zero attached hydrogens (tertiary/aromatic N) is 4. The highest BCUT2D eigenvalue weighted by atomic mass is 16.2. The van der Waals surface area contributed by atoms with Crippen LogP contribution in [0.4, 0.5) is 0 Å². The molecule has 1 fully saturated rings. The third-order valence-electron chi connectivity index (χ3n) is 2.45. The van der Waals surface area contributed by atoms with E-state index in [0.29, 0.717) is 18.7 Å². The molecule has 1 aromatic heterocycles. The Kier molecular flexibility index (Phi) is 2.15. The number of nitriles is 1. The Labute approximate surface area is 86.9 Å². The van der Waals surface area contributed by atoms with Crippen molar-refractivity contribution in [1.82, 2.24) is 20.1 Å². The van der Waals surface area contributed by atoms with Crippen LogP contribution in [-0.4, -0.2) is 20.7 Å². The predicted molar refractivity (Wildman–Crippen MR) is 50.1 cm³/mol. The summed E-state index contributed by atoms with van der Waals surface area (Å²) in [6.07, 6.45) is 2.88. The molecule has 1 aliphatic rings. The average Bonchev–Trinajstić information content (AvgIpc) is 2.93. The van der Waals surface area contributed by atoms with Gasteiger partial charge in [0.1, 0.15) is 11.7 Å². The van der Waals surface area contributed by atoms with Gasteiger partial charge in [-0.15, -0.1) is 0 Å². The van der Waals surface area contributed by atoms with Gasteiger partial charge in [-0.25, -0.2) is 4.98 Å². The summed E-state index contributed by atoms with van der Waals surface area (Å²) in [5.41, 5.74) is -0.769. The molecule has 1 N–H and O–H groups in total. The second-order valence-corrected chi connectivity index (χ2v) is 3.71.